The fourth-order valence-corrected chi connectivity index (χ4v) is 1.82. The molecule has 0 aromatic heterocycles. The number of ether oxygens (including phenoxy) is 2. The highest BCUT2D eigenvalue weighted by Crippen LogP contribution is 2.23. The maximum absolute atomic E-state index is 13.5. The Kier molecular flexibility index (Phi) is 5.14. The first kappa shape index (κ1) is 15.0. The van der Waals surface area contributed by atoms with Crippen molar-refractivity contribution in [3.63, 3.8) is 0 Å². The van der Waals surface area contributed by atoms with Gasteiger partial charge in [-0.3, -0.25) is 0 Å². The van der Waals surface area contributed by atoms with Crippen LogP contribution in [-0.4, -0.2) is 0 Å². The van der Waals surface area contributed by atoms with Gasteiger partial charge in [-0.25, -0.2) is 0 Å². The van der Waals surface area contributed by atoms with Crippen molar-refractivity contribution in [2.24, 2.45) is 0 Å². The molecule has 0 atom stereocenters. The zero-order valence-electron chi connectivity index (χ0n) is 9.95. The molecule has 20 heavy (non-hydrogen) atoms. The predicted octanol–water partition coefficient (Wildman–Crippen LogP) is 5.74. The number of benzene rings is 2. The van der Waals surface area contributed by atoms with Gasteiger partial charge in [0.05, 0.1) is 0 Å². The highest BCUT2D eigenvalue weighted by molar-refractivity contribution is 9.10. The molecule has 0 heterocycles. The largest absolute Gasteiger partial charge is 0.427 e. The molecule has 0 unspecified atom stereocenters. The van der Waals surface area contributed by atoms with Crippen molar-refractivity contribution in [2.45, 2.75) is 0 Å². The number of rotatable bonds is 4. The van der Waals surface area contributed by atoms with Crippen LogP contribution in [0.3, 0.4) is 0 Å². The minimum Gasteiger partial charge on any atom is -0.427 e. The molecule has 6 heteroatoms. The summed E-state index contributed by atoms with van der Waals surface area (Å²) in [4.78, 5) is 0. The first-order chi connectivity index (χ1) is 9.54. The summed E-state index contributed by atoms with van der Waals surface area (Å²) in [5, 5.41) is 0. The third-order valence-corrected chi connectivity index (χ3v) is 3.25. The second-order valence-electron chi connectivity index (χ2n) is 3.66. The van der Waals surface area contributed by atoms with Crippen LogP contribution in [0.5, 0.6) is 11.5 Å². The monoisotopic (exact) mass is 404 g/mol. The van der Waals surface area contributed by atoms with Crippen LogP contribution in [0.15, 0.2) is 69.5 Å². The van der Waals surface area contributed by atoms with Gasteiger partial charge >= 0.3 is 12.0 Å². The summed E-state index contributed by atoms with van der Waals surface area (Å²) in [7, 11) is 0. The van der Waals surface area contributed by atoms with E-state index in [0.717, 1.165) is 8.95 Å². The molecule has 2 aromatic rings. The average Bonchev–Trinajstić information content (AvgIpc) is 2.44. The molecule has 2 rings (SSSR count). The molecule has 0 aliphatic carbocycles. The zero-order valence-corrected chi connectivity index (χ0v) is 13.1. The lowest BCUT2D eigenvalue weighted by Crippen LogP contribution is -1.98. The van der Waals surface area contributed by atoms with Crippen molar-refractivity contribution in [1.82, 2.24) is 0 Å². The molecule has 0 saturated carbocycles. The summed E-state index contributed by atoms with van der Waals surface area (Å²) in [5.41, 5.74) is 0. The maximum atomic E-state index is 13.5. The Morgan fingerprint density at radius 2 is 0.950 bits per heavy atom. The van der Waals surface area contributed by atoms with E-state index in [1.165, 1.54) is 24.3 Å². The van der Waals surface area contributed by atoms with Crippen molar-refractivity contribution < 1.29 is 18.3 Å². The van der Waals surface area contributed by atoms with E-state index in [-0.39, 0.29) is 11.5 Å². The number of hydrogen-bond acceptors (Lipinski definition) is 2. The van der Waals surface area contributed by atoms with Crippen molar-refractivity contribution in [2.75, 3.05) is 0 Å². The Morgan fingerprint density at radius 1 is 0.650 bits per heavy atom. The average molecular weight is 406 g/mol. The second kappa shape index (κ2) is 6.85. The third kappa shape index (κ3) is 4.31. The molecule has 0 amide bonds. The van der Waals surface area contributed by atoms with Gasteiger partial charge in [0, 0.05) is 8.95 Å². The topological polar surface area (TPSA) is 18.5 Å². The SMILES string of the molecule is F/C(Oc1ccc(Br)cc1)=C(/F)Oc1ccc(Br)cc1. The normalized spacial score (nSPS) is 11.8. The predicted molar refractivity (Wildman–Crippen MR) is 78.8 cm³/mol. The maximum Gasteiger partial charge on any atom is 0.352 e. The van der Waals surface area contributed by atoms with E-state index < -0.39 is 12.0 Å². The standard InChI is InChI=1S/C14H8Br2F2O2/c15-9-1-5-11(6-2-9)19-13(17)14(18)20-12-7-3-10(16)4-8-12/h1-8H/b14-13+. The van der Waals surface area contributed by atoms with E-state index in [0.29, 0.717) is 0 Å². The van der Waals surface area contributed by atoms with Crippen molar-refractivity contribution in [3.05, 3.63) is 69.5 Å². The highest BCUT2D eigenvalue weighted by atomic mass is 79.9. The van der Waals surface area contributed by atoms with Gasteiger partial charge in [-0.05, 0) is 48.5 Å². The van der Waals surface area contributed by atoms with Gasteiger partial charge in [0.2, 0.25) is 0 Å². The van der Waals surface area contributed by atoms with Gasteiger partial charge in [0.25, 0.3) is 0 Å². The van der Waals surface area contributed by atoms with Crippen LogP contribution >= 0.6 is 31.9 Å². The highest BCUT2D eigenvalue weighted by Gasteiger charge is 2.11. The molecule has 2 nitrogen and oxygen atoms in total. The van der Waals surface area contributed by atoms with Crippen LogP contribution in [-0.2, 0) is 0 Å². The van der Waals surface area contributed by atoms with Crippen molar-refractivity contribution in [1.29, 1.82) is 0 Å². The van der Waals surface area contributed by atoms with Gasteiger partial charge in [-0.2, -0.15) is 8.78 Å². The number of halogens is 4. The van der Waals surface area contributed by atoms with Gasteiger partial charge in [-0.15, -0.1) is 0 Å². The molecule has 0 spiro atoms. The molecule has 0 fully saturated rings. The van der Waals surface area contributed by atoms with Crippen LogP contribution in [0.4, 0.5) is 8.78 Å². The lowest BCUT2D eigenvalue weighted by atomic mass is 10.3. The Balaban J connectivity index is 2.06. The van der Waals surface area contributed by atoms with Gasteiger partial charge in [0.1, 0.15) is 11.5 Å². The quantitative estimate of drug-likeness (QED) is 0.604. The van der Waals surface area contributed by atoms with Crippen LogP contribution < -0.4 is 9.47 Å². The molecule has 0 aliphatic rings. The summed E-state index contributed by atoms with van der Waals surface area (Å²) < 4.78 is 38.0. The van der Waals surface area contributed by atoms with Crippen LogP contribution in [0.2, 0.25) is 0 Å². The summed E-state index contributed by atoms with van der Waals surface area (Å²) in [6.07, 6.45) is 0. The summed E-state index contributed by atoms with van der Waals surface area (Å²) in [6.45, 7) is 0. The van der Waals surface area contributed by atoms with E-state index in [1.54, 1.807) is 24.3 Å². The van der Waals surface area contributed by atoms with Crippen LogP contribution in [0.25, 0.3) is 0 Å². The summed E-state index contributed by atoms with van der Waals surface area (Å²) in [6, 6.07) is 9.71. The van der Waals surface area contributed by atoms with E-state index in [4.69, 9.17) is 9.47 Å². The lowest BCUT2D eigenvalue weighted by molar-refractivity contribution is 0.203. The van der Waals surface area contributed by atoms with E-state index in [2.05, 4.69) is 31.9 Å². The Bertz CT molecular complexity index is 555. The number of hydrogen-bond donors (Lipinski definition) is 0. The van der Waals surface area contributed by atoms with E-state index in [1.807, 2.05) is 0 Å². The molecule has 0 bridgehead atoms. The molecule has 104 valence electrons. The lowest BCUT2D eigenvalue weighted by Gasteiger charge is -2.06. The van der Waals surface area contributed by atoms with Crippen molar-refractivity contribution in [3.8, 4) is 11.5 Å². The zero-order chi connectivity index (χ0) is 14.5. The van der Waals surface area contributed by atoms with Crippen LogP contribution in [0, 0.1) is 0 Å². The first-order valence-electron chi connectivity index (χ1n) is 5.47. The minimum absolute atomic E-state index is 0.167. The first-order valence-corrected chi connectivity index (χ1v) is 7.05. The third-order valence-electron chi connectivity index (χ3n) is 2.20. The Labute approximate surface area is 131 Å². The molecule has 0 N–H and O–H groups in total. The van der Waals surface area contributed by atoms with E-state index >= 15 is 0 Å². The van der Waals surface area contributed by atoms with Crippen molar-refractivity contribution >= 4 is 31.9 Å². The summed E-state index contributed by atoms with van der Waals surface area (Å²) in [5.74, 6) is 0.334. The summed E-state index contributed by atoms with van der Waals surface area (Å²) >= 11 is 6.45. The molecule has 2 aromatic carbocycles. The van der Waals surface area contributed by atoms with E-state index in [9.17, 15) is 8.78 Å². The molecular formula is C14H8Br2F2O2. The van der Waals surface area contributed by atoms with Gasteiger partial charge in [0.15, 0.2) is 0 Å². The molecular weight excluding hydrogens is 398 g/mol. The van der Waals surface area contributed by atoms with Gasteiger partial charge < -0.3 is 9.47 Å². The molecule has 0 radical (unpaired) electrons. The fraction of sp³-hybridized carbons (Fsp3) is 0. The van der Waals surface area contributed by atoms with Gasteiger partial charge in [-0.1, -0.05) is 31.9 Å². The minimum atomic E-state index is -1.43. The molecule has 0 saturated heterocycles. The Morgan fingerprint density at radius 3 is 1.25 bits per heavy atom. The fourth-order valence-electron chi connectivity index (χ4n) is 1.29. The smallest absolute Gasteiger partial charge is 0.352 e. The molecule has 0 aliphatic heterocycles. The van der Waals surface area contributed by atoms with Crippen LogP contribution in [0.1, 0.15) is 0 Å². The Hall–Kier alpha value is -1.40. The second-order valence-corrected chi connectivity index (χ2v) is 5.49.